The Labute approximate surface area is 117 Å². The van der Waals surface area contributed by atoms with Crippen LogP contribution in [-0.4, -0.2) is 36.4 Å². The number of hydrogen-bond acceptors (Lipinski definition) is 4. The van der Waals surface area contributed by atoms with Gasteiger partial charge in [0, 0.05) is 12.8 Å². The largest absolute Gasteiger partial charge is 0.332 e. The van der Waals surface area contributed by atoms with Crippen molar-refractivity contribution < 1.29 is 9.22 Å². The summed E-state index contributed by atoms with van der Waals surface area (Å²) in [5.41, 5.74) is 0.338. The van der Waals surface area contributed by atoms with E-state index in [2.05, 4.69) is 27.7 Å². The fourth-order valence-corrected chi connectivity index (χ4v) is 2.34. The molecule has 1 rings (SSSR count). The van der Waals surface area contributed by atoms with E-state index in [4.69, 9.17) is 15.3 Å². The number of ether oxygens (including phenoxy) is 1. The molecule has 0 aromatic heterocycles. The number of nitrogens with one attached hydrogen (secondary N) is 1. The van der Waals surface area contributed by atoms with Crippen LogP contribution < -0.4 is 5.32 Å². The highest BCUT2D eigenvalue weighted by Gasteiger charge is 2.42. The summed E-state index contributed by atoms with van der Waals surface area (Å²) in [6.45, 7) is 13.6. The number of hydrogen-bond donors (Lipinski definition) is 1. The van der Waals surface area contributed by atoms with Gasteiger partial charge in [-0.05, 0) is 27.2 Å². The van der Waals surface area contributed by atoms with E-state index in [-0.39, 0.29) is 0 Å². The van der Waals surface area contributed by atoms with Gasteiger partial charge in [0.05, 0.1) is 25.2 Å². The molecular weight excluding hydrogens is 240 g/mol. The maximum Gasteiger partial charge on any atom is 0.190 e. The lowest BCUT2D eigenvalue weighted by molar-refractivity contribution is -0.976. The number of rotatable bonds is 4. The first-order valence-electron chi connectivity index (χ1n) is 6.90. The Balaban J connectivity index is 0.000000555. The molecule has 1 aliphatic heterocycles. The van der Waals surface area contributed by atoms with Gasteiger partial charge in [-0.3, -0.25) is 4.48 Å². The second-order valence-corrected chi connectivity index (χ2v) is 5.86. The predicted molar refractivity (Wildman–Crippen MR) is 74.5 cm³/mol. The first-order chi connectivity index (χ1) is 8.93. The van der Waals surface area contributed by atoms with Crippen molar-refractivity contribution in [2.45, 2.75) is 52.5 Å². The fourth-order valence-electron chi connectivity index (χ4n) is 2.34. The highest BCUT2D eigenvalue weighted by atomic mass is 16.5. The number of nitrogens with zero attached hydrogens (tertiary/aromatic N) is 3. The van der Waals surface area contributed by atoms with Gasteiger partial charge in [-0.2, -0.15) is 10.5 Å². The first kappa shape index (κ1) is 17.7. The summed E-state index contributed by atoms with van der Waals surface area (Å²) in [5, 5.41) is 16.7. The molecule has 1 saturated heterocycles. The molecule has 5 nitrogen and oxygen atoms in total. The Hall–Kier alpha value is -1.30. The van der Waals surface area contributed by atoms with E-state index >= 15 is 0 Å². The Morgan fingerprint density at radius 3 is 2.00 bits per heavy atom. The minimum Gasteiger partial charge on any atom is -0.332 e. The molecule has 0 aliphatic carbocycles. The zero-order chi connectivity index (χ0) is 14.8. The molecule has 0 amide bonds. The standard InChI is InChI=1S/C12H26NO.C2HN3/c1-5-10-14-11-13(12(2,3)4)8-6-7-9-13;3-1-5-2-4/h5-11H2,1-4H3;5H/q+1;. The van der Waals surface area contributed by atoms with E-state index in [1.54, 1.807) is 5.32 Å². The van der Waals surface area contributed by atoms with Crippen molar-refractivity contribution in [2.24, 2.45) is 0 Å². The van der Waals surface area contributed by atoms with Gasteiger partial charge in [-0.25, -0.2) is 5.32 Å². The van der Waals surface area contributed by atoms with Crippen LogP contribution in [-0.2, 0) is 4.74 Å². The van der Waals surface area contributed by atoms with Gasteiger partial charge in [0.25, 0.3) is 0 Å². The second-order valence-electron chi connectivity index (χ2n) is 5.86. The maximum absolute atomic E-state index is 7.48. The lowest BCUT2D eigenvalue weighted by Crippen LogP contribution is -2.59. The summed E-state index contributed by atoms with van der Waals surface area (Å²) in [6, 6.07) is 0. The Morgan fingerprint density at radius 2 is 1.68 bits per heavy atom. The van der Waals surface area contributed by atoms with E-state index in [0.717, 1.165) is 24.2 Å². The van der Waals surface area contributed by atoms with Crippen LogP contribution in [0.2, 0.25) is 0 Å². The van der Waals surface area contributed by atoms with Gasteiger partial charge in [-0.15, -0.1) is 0 Å². The van der Waals surface area contributed by atoms with Gasteiger partial charge in [0.2, 0.25) is 0 Å². The molecule has 0 bridgehead atoms. The molecule has 1 fully saturated rings. The van der Waals surface area contributed by atoms with E-state index in [9.17, 15) is 0 Å². The summed E-state index contributed by atoms with van der Waals surface area (Å²) in [7, 11) is 0. The highest BCUT2D eigenvalue weighted by molar-refractivity contribution is 4.77. The van der Waals surface area contributed by atoms with Crippen molar-refractivity contribution in [3.05, 3.63) is 0 Å². The zero-order valence-corrected chi connectivity index (χ0v) is 12.7. The SMILES string of the molecule is CCCOC[N+]1(C(C)(C)C)CCCC1.N#CNC#N. The molecule has 0 spiro atoms. The monoisotopic (exact) mass is 267 g/mol. The van der Waals surface area contributed by atoms with Crippen molar-refractivity contribution in [2.75, 3.05) is 26.4 Å². The van der Waals surface area contributed by atoms with Crippen LogP contribution in [0.5, 0.6) is 0 Å². The molecule has 0 aromatic carbocycles. The Kier molecular flexibility index (Phi) is 8.14. The maximum atomic E-state index is 7.48. The smallest absolute Gasteiger partial charge is 0.190 e. The quantitative estimate of drug-likeness (QED) is 0.367. The number of quaternary nitrogens is 1. The van der Waals surface area contributed by atoms with Crippen molar-refractivity contribution in [1.29, 1.82) is 10.5 Å². The normalized spacial score (nSPS) is 16.7. The van der Waals surface area contributed by atoms with Crippen LogP contribution in [0, 0.1) is 22.9 Å². The van der Waals surface area contributed by atoms with Crippen molar-refractivity contribution >= 4 is 0 Å². The third kappa shape index (κ3) is 5.92. The molecule has 1 N–H and O–H groups in total. The fraction of sp³-hybridized carbons (Fsp3) is 0.857. The molecule has 0 aromatic rings. The van der Waals surface area contributed by atoms with Crippen LogP contribution in [0.1, 0.15) is 47.0 Å². The van der Waals surface area contributed by atoms with Crippen LogP contribution in [0.3, 0.4) is 0 Å². The highest BCUT2D eigenvalue weighted by Crippen LogP contribution is 2.30. The van der Waals surface area contributed by atoms with Crippen LogP contribution in [0.4, 0.5) is 0 Å². The van der Waals surface area contributed by atoms with Crippen molar-refractivity contribution in [3.8, 4) is 12.4 Å². The topological polar surface area (TPSA) is 68.8 Å². The van der Waals surface area contributed by atoms with E-state index < -0.39 is 0 Å². The average Bonchev–Trinajstić information content (AvgIpc) is 2.81. The molecule has 0 unspecified atom stereocenters. The number of nitriles is 2. The Morgan fingerprint density at radius 1 is 1.16 bits per heavy atom. The van der Waals surface area contributed by atoms with E-state index in [1.807, 2.05) is 0 Å². The van der Waals surface area contributed by atoms with Gasteiger partial charge in [0.1, 0.15) is 0 Å². The molecule has 0 atom stereocenters. The first-order valence-corrected chi connectivity index (χ1v) is 6.90. The average molecular weight is 267 g/mol. The van der Waals surface area contributed by atoms with Crippen LogP contribution in [0.15, 0.2) is 0 Å². The lowest BCUT2D eigenvalue weighted by atomic mass is 10.0. The van der Waals surface area contributed by atoms with Crippen LogP contribution >= 0.6 is 0 Å². The minimum atomic E-state index is 0.338. The third-order valence-electron chi connectivity index (χ3n) is 3.64. The predicted octanol–water partition coefficient (Wildman–Crippen LogP) is 2.32. The number of likely N-dealkylation sites (tertiary alicyclic amines) is 1. The van der Waals surface area contributed by atoms with Gasteiger partial charge >= 0.3 is 0 Å². The molecule has 19 heavy (non-hydrogen) atoms. The summed E-state index contributed by atoms with van der Waals surface area (Å²) in [4.78, 5) is 0. The second kappa shape index (κ2) is 8.74. The lowest BCUT2D eigenvalue weighted by Gasteiger charge is -2.45. The molecule has 108 valence electrons. The van der Waals surface area contributed by atoms with Gasteiger partial charge in [-0.1, -0.05) is 6.92 Å². The zero-order valence-electron chi connectivity index (χ0n) is 12.7. The molecule has 0 radical (unpaired) electrons. The van der Waals surface area contributed by atoms with Crippen molar-refractivity contribution in [3.63, 3.8) is 0 Å². The van der Waals surface area contributed by atoms with Crippen LogP contribution in [0.25, 0.3) is 0 Å². The van der Waals surface area contributed by atoms with Gasteiger partial charge in [0.15, 0.2) is 19.1 Å². The molecule has 1 heterocycles. The molecule has 1 aliphatic rings. The molecule has 5 heteroatoms. The Bertz CT molecular complexity index is 304. The van der Waals surface area contributed by atoms with E-state index in [1.165, 1.54) is 38.3 Å². The van der Waals surface area contributed by atoms with Gasteiger partial charge < -0.3 is 4.74 Å². The van der Waals surface area contributed by atoms with Crippen molar-refractivity contribution in [1.82, 2.24) is 5.32 Å². The summed E-state index contributed by atoms with van der Waals surface area (Å²) in [5.74, 6) is 0. The minimum absolute atomic E-state index is 0.338. The summed E-state index contributed by atoms with van der Waals surface area (Å²) < 4.78 is 6.93. The summed E-state index contributed by atoms with van der Waals surface area (Å²) >= 11 is 0. The van der Waals surface area contributed by atoms with E-state index in [0.29, 0.717) is 5.54 Å². The molecule has 0 saturated carbocycles. The molecular formula is C14H27N4O+. The third-order valence-corrected chi connectivity index (χ3v) is 3.64. The summed E-state index contributed by atoms with van der Waals surface area (Å²) in [6.07, 6.45) is 6.68.